The van der Waals surface area contributed by atoms with Crippen molar-refractivity contribution < 1.29 is 28.5 Å². The van der Waals surface area contributed by atoms with Crippen molar-refractivity contribution in [1.29, 1.82) is 0 Å². The second-order valence-corrected chi connectivity index (χ2v) is 7.00. The number of benzene rings is 3. The van der Waals surface area contributed by atoms with Gasteiger partial charge >= 0.3 is 0 Å². The fourth-order valence-corrected chi connectivity index (χ4v) is 3.80. The van der Waals surface area contributed by atoms with E-state index in [-0.39, 0.29) is 24.0 Å². The van der Waals surface area contributed by atoms with Crippen LogP contribution in [0.15, 0.2) is 110 Å². The number of halogens is 1. The SMILES string of the molecule is Cn1c(-c2ccccc2)c(-c2ccccc2)[n+](C)c1-c1ccccc1.[I-].c1c[nH]cn1. The van der Waals surface area contributed by atoms with Crippen LogP contribution in [0.5, 0.6) is 0 Å². The van der Waals surface area contributed by atoms with Crippen LogP contribution in [0.2, 0.25) is 0 Å². The zero-order valence-electron chi connectivity index (χ0n) is 17.6. The van der Waals surface area contributed by atoms with Crippen LogP contribution in [0, 0.1) is 0 Å². The predicted octanol–water partition coefficient (Wildman–Crippen LogP) is 2.26. The number of hydrogen-bond acceptors (Lipinski definition) is 1. The molecule has 5 rings (SSSR count). The van der Waals surface area contributed by atoms with E-state index in [0.29, 0.717) is 0 Å². The molecular weight excluding hydrogens is 495 g/mol. The van der Waals surface area contributed by atoms with E-state index in [1.807, 2.05) is 0 Å². The van der Waals surface area contributed by atoms with E-state index in [1.54, 1.807) is 18.7 Å². The first kappa shape index (κ1) is 22.5. The molecule has 2 heterocycles. The first-order chi connectivity index (χ1) is 14.8. The topological polar surface area (TPSA) is 37.5 Å². The molecular formula is C26H25IN4. The predicted molar refractivity (Wildman–Crippen MR) is 121 cm³/mol. The first-order valence-electron chi connectivity index (χ1n) is 9.95. The van der Waals surface area contributed by atoms with E-state index in [0.717, 1.165) is 0 Å². The number of rotatable bonds is 3. The number of H-pyrrole nitrogens is 1. The molecule has 5 heteroatoms. The summed E-state index contributed by atoms with van der Waals surface area (Å²) in [5.74, 6) is 1.19. The zero-order valence-corrected chi connectivity index (χ0v) is 19.8. The summed E-state index contributed by atoms with van der Waals surface area (Å²) >= 11 is 0. The first-order valence-corrected chi connectivity index (χ1v) is 9.95. The minimum absolute atomic E-state index is 0. The van der Waals surface area contributed by atoms with Crippen molar-refractivity contribution in [2.24, 2.45) is 14.1 Å². The van der Waals surface area contributed by atoms with Crippen LogP contribution in [-0.4, -0.2) is 14.5 Å². The second kappa shape index (κ2) is 10.7. The Labute approximate surface area is 200 Å². The minimum Gasteiger partial charge on any atom is -1.00 e. The molecule has 0 radical (unpaired) electrons. The van der Waals surface area contributed by atoms with Gasteiger partial charge in [0.15, 0.2) is 11.4 Å². The summed E-state index contributed by atoms with van der Waals surface area (Å²) in [5.41, 5.74) is 6.12. The van der Waals surface area contributed by atoms with Crippen LogP contribution >= 0.6 is 0 Å². The van der Waals surface area contributed by atoms with Gasteiger partial charge in [0.1, 0.15) is 0 Å². The van der Waals surface area contributed by atoms with E-state index >= 15 is 0 Å². The third-order valence-electron chi connectivity index (χ3n) is 5.06. The smallest absolute Gasteiger partial charge is 0.289 e. The van der Waals surface area contributed by atoms with Crippen molar-refractivity contribution in [2.75, 3.05) is 0 Å². The summed E-state index contributed by atoms with van der Waals surface area (Å²) in [6.45, 7) is 0. The Morgan fingerprint density at radius 1 is 0.742 bits per heavy atom. The lowest BCUT2D eigenvalue weighted by Crippen LogP contribution is -3.00. The molecule has 3 aromatic carbocycles. The van der Waals surface area contributed by atoms with E-state index in [9.17, 15) is 0 Å². The van der Waals surface area contributed by atoms with Crippen molar-refractivity contribution in [2.45, 2.75) is 0 Å². The average Bonchev–Trinajstić information content (AvgIpc) is 3.46. The van der Waals surface area contributed by atoms with Gasteiger partial charge in [-0.3, -0.25) is 0 Å². The lowest BCUT2D eigenvalue weighted by atomic mass is 10.0. The molecule has 4 nitrogen and oxygen atoms in total. The molecule has 0 fully saturated rings. The molecule has 0 unspecified atom stereocenters. The standard InChI is InChI=1S/C23H21N2.C3H4N2.HI/c1-24-21(18-12-6-3-7-13-18)22(19-14-8-4-9-15-19)25(2)23(24)20-16-10-5-11-17-20;1-2-5-3-4-1;/h3-17H,1-2H3;1-3H,(H,4,5);1H/q+1;;/p-1. The Bertz CT molecular complexity index is 1100. The Balaban J connectivity index is 0.000000401. The Morgan fingerprint density at radius 2 is 1.26 bits per heavy atom. The summed E-state index contributed by atoms with van der Waals surface area (Å²) in [4.78, 5) is 6.42. The summed E-state index contributed by atoms with van der Waals surface area (Å²) in [6.07, 6.45) is 5.08. The van der Waals surface area contributed by atoms with Crippen LogP contribution < -0.4 is 28.5 Å². The fourth-order valence-electron chi connectivity index (χ4n) is 3.80. The molecule has 0 aliphatic rings. The molecule has 1 N–H and O–H groups in total. The van der Waals surface area contributed by atoms with E-state index < -0.39 is 0 Å². The van der Waals surface area contributed by atoms with Gasteiger partial charge in [-0.15, -0.1) is 0 Å². The van der Waals surface area contributed by atoms with Crippen molar-refractivity contribution >= 4 is 0 Å². The molecule has 2 aromatic heterocycles. The monoisotopic (exact) mass is 520 g/mol. The highest BCUT2D eigenvalue weighted by Crippen LogP contribution is 2.33. The molecule has 31 heavy (non-hydrogen) atoms. The number of nitrogens with zero attached hydrogens (tertiary/aromatic N) is 3. The fraction of sp³-hybridized carbons (Fsp3) is 0.0769. The second-order valence-electron chi connectivity index (χ2n) is 7.00. The minimum atomic E-state index is 0. The molecule has 0 aliphatic heterocycles. The molecule has 0 bridgehead atoms. The molecule has 5 aromatic rings. The maximum absolute atomic E-state index is 3.67. The third-order valence-corrected chi connectivity index (χ3v) is 5.06. The maximum atomic E-state index is 3.67. The molecule has 0 spiro atoms. The van der Waals surface area contributed by atoms with Crippen molar-refractivity contribution in [3.8, 4) is 33.9 Å². The average molecular weight is 520 g/mol. The lowest BCUT2D eigenvalue weighted by molar-refractivity contribution is -0.648. The van der Waals surface area contributed by atoms with Gasteiger partial charge in [-0.25, -0.2) is 14.1 Å². The Kier molecular flexibility index (Phi) is 7.78. The van der Waals surface area contributed by atoms with Gasteiger partial charge in [-0.2, -0.15) is 0 Å². The van der Waals surface area contributed by atoms with Crippen LogP contribution in [0.4, 0.5) is 0 Å². The van der Waals surface area contributed by atoms with Gasteiger partial charge in [0, 0.05) is 23.5 Å². The Hall–Kier alpha value is -3.19. The molecule has 0 aliphatic carbocycles. The van der Waals surface area contributed by atoms with E-state index in [4.69, 9.17) is 0 Å². The van der Waals surface area contributed by atoms with Gasteiger partial charge in [0.2, 0.25) is 0 Å². The lowest BCUT2D eigenvalue weighted by Gasteiger charge is -2.02. The van der Waals surface area contributed by atoms with Crippen LogP contribution in [0.3, 0.4) is 0 Å². The number of nitrogens with one attached hydrogen (secondary N) is 1. The number of aromatic amines is 1. The number of hydrogen-bond donors (Lipinski definition) is 1. The summed E-state index contributed by atoms with van der Waals surface area (Å²) in [5, 5.41) is 0. The summed E-state index contributed by atoms with van der Waals surface area (Å²) in [7, 11) is 4.30. The van der Waals surface area contributed by atoms with Gasteiger partial charge in [0.25, 0.3) is 5.82 Å². The molecule has 0 amide bonds. The number of imidazole rings is 2. The highest BCUT2D eigenvalue weighted by atomic mass is 127. The molecule has 0 atom stereocenters. The number of aromatic nitrogens is 4. The van der Waals surface area contributed by atoms with Crippen molar-refractivity contribution in [3.63, 3.8) is 0 Å². The van der Waals surface area contributed by atoms with Gasteiger partial charge < -0.3 is 29.0 Å². The Morgan fingerprint density at radius 3 is 1.71 bits per heavy atom. The molecule has 0 saturated carbocycles. The van der Waals surface area contributed by atoms with E-state index in [1.165, 1.54) is 33.9 Å². The van der Waals surface area contributed by atoms with E-state index in [2.05, 4.69) is 124 Å². The van der Waals surface area contributed by atoms with Crippen molar-refractivity contribution in [3.05, 3.63) is 110 Å². The summed E-state index contributed by atoms with van der Waals surface area (Å²) < 4.78 is 4.60. The summed E-state index contributed by atoms with van der Waals surface area (Å²) in [6, 6.07) is 31.8. The third kappa shape index (κ3) is 4.94. The van der Waals surface area contributed by atoms with Crippen molar-refractivity contribution in [1.82, 2.24) is 14.5 Å². The van der Waals surface area contributed by atoms with Gasteiger partial charge in [-0.05, 0) is 12.1 Å². The van der Waals surface area contributed by atoms with Gasteiger partial charge in [-0.1, -0.05) is 78.9 Å². The zero-order chi connectivity index (χ0) is 20.8. The quantitative estimate of drug-likeness (QED) is 0.288. The van der Waals surface area contributed by atoms with Crippen LogP contribution in [-0.2, 0) is 14.1 Å². The highest BCUT2D eigenvalue weighted by molar-refractivity contribution is 5.78. The van der Waals surface area contributed by atoms with Crippen LogP contribution in [0.25, 0.3) is 33.9 Å². The van der Waals surface area contributed by atoms with Crippen LogP contribution in [0.1, 0.15) is 0 Å². The molecule has 0 saturated heterocycles. The largest absolute Gasteiger partial charge is 1.00 e. The molecule has 156 valence electrons. The van der Waals surface area contributed by atoms with Gasteiger partial charge in [0.05, 0.1) is 26.0 Å². The normalized spacial score (nSPS) is 10.0. The maximum Gasteiger partial charge on any atom is 0.289 e. The highest BCUT2D eigenvalue weighted by Gasteiger charge is 2.29.